The lowest BCUT2D eigenvalue weighted by molar-refractivity contribution is 0.0933. The summed E-state index contributed by atoms with van der Waals surface area (Å²) in [5.74, 6) is 0.0806. The first-order chi connectivity index (χ1) is 9.69. The standard InChI is InChI=1S/C16H26N2OS/c1-3-14-8-9-15(20-14)16(19)17-13(2)12-18-10-6-4-5-7-11-18/h8-9,13H,3-7,10-12H2,1-2H3,(H,17,19)/t13-/m0/s1. The minimum absolute atomic E-state index is 0.0806. The molecule has 1 N–H and O–H groups in total. The summed E-state index contributed by atoms with van der Waals surface area (Å²) in [5.41, 5.74) is 0. The highest BCUT2D eigenvalue weighted by Gasteiger charge is 2.16. The molecule has 1 amide bonds. The zero-order valence-corrected chi connectivity index (χ0v) is 13.5. The van der Waals surface area contributed by atoms with Crippen LogP contribution >= 0.6 is 11.3 Å². The van der Waals surface area contributed by atoms with Crippen molar-refractivity contribution in [1.82, 2.24) is 10.2 Å². The van der Waals surface area contributed by atoms with Gasteiger partial charge in [-0.05, 0) is 51.4 Å². The van der Waals surface area contributed by atoms with Crippen LogP contribution in [0.1, 0.15) is 54.1 Å². The first-order valence-electron chi connectivity index (χ1n) is 7.81. The van der Waals surface area contributed by atoms with Gasteiger partial charge < -0.3 is 10.2 Å². The van der Waals surface area contributed by atoms with Crippen LogP contribution in [0.25, 0.3) is 0 Å². The predicted octanol–water partition coefficient (Wildman–Crippen LogP) is 3.30. The number of aryl methyl sites for hydroxylation is 1. The Morgan fingerprint density at radius 3 is 2.60 bits per heavy atom. The van der Waals surface area contributed by atoms with Gasteiger partial charge in [0.1, 0.15) is 0 Å². The molecule has 1 aromatic heterocycles. The van der Waals surface area contributed by atoms with Crippen molar-refractivity contribution in [2.75, 3.05) is 19.6 Å². The zero-order chi connectivity index (χ0) is 14.4. The average molecular weight is 294 g/mol. The number of carbonyl (C=O) groups excluding carboxylic acids is 1. The second kappa shape index (κ2) is 7.79. The molecule has 4 heteroatoms. The molecule has 112 valence electrons. The van der Waals surface area contributed by atoms with Crippen LogP contribution in [0.5, 0.6) is 0 Å². The number of nitrogens with zero attached hydrogens (tertiary/aromatic N) is 1. The molecule has 3 nitrogen and oxygen atoms in total. The Kier molecular flexibility index (Phi) is 6.05. The molecule has 0 radical (unpaired) electrons. The van der Waals surface area contributed by atoms with Crippen LogP contribution in [-0.4, -0.2) is 36.5 Å². The minimum atomic E-state index is 0.0806. The van der Waals surface area contributed by atoms with Crippen molar-refractivity contribution in [2.24, 2.45) is 0 Å². The maximum Gasteiger partial charge on any atom is 0.261 e. The summed E-state index contributed by atoms with van der Waals surface area (Å²) in [6.07, 6.45) is 6.30. The second-order valence-corrected chi connectivity index (χ2v) is 6.88. The summed E-state index contributed by atoms with van der Waals surface area (Å²) in [6, 6.07) is 4.21. The fraction of sp³-hybridized carbons (Fsp3) is 0.688. The van der Waals surface area contributed by atoms with Crippen molar-refractivity contribution in [2.45, 2.75) is 52.0 Å². The Morgan fingerprint density at radius 1 is 1.30 bits per heavy atom. The molecule has 1 aromatic rings. The molecule has 0 saturated carbocycles. The van der Waals surface area contributed by atoms with Gasteiger partial charge >= 0.3 is 0 Å². The van der Waals surface area contributed by atoms with E-state index in [0.29, 0.717) is 0 Å². The number of carbonyl (C=O) groups is 1. The van der Waals surface area contributed by atoms with Crippen molar-refractivity contribution in [3.63, 3.8) is 0 Å². The molecular weight excluding hydrogens is 268 g/mol. The molecule has 1 aliphatic rings. The van der Waals surface area contributed by atoms with Gasteiger partial charge in [0.15, 0.2) is 0 Å². The van der Waals surface area contributed by atoms with Crippen molar-refractivity contribution in [3.8, 4) is 0 Å². The van der Waals surface area contributed by atoms with E-state index in [-0.39, 0.29) is 11.9 Å². The normalized spacial score (nSPS) is 18.5. The summed E-state index contributed by atoms with van der Waals surface area (Å²) in [4.78, 5) is 16.8. The van der Waals surface area contributed by atoms with Crippen LogP contribution in [-0.2, 0) is 6.42 Å². The van der Waals surface area contributed by atoms with Gasteiger partial charge in [0.2, 0.25) is 0 Å². The van der Waals surface area contributed by atoms with Crippen molar-refractivity contribution in [1.29, 1.82) is 0 Å². The van der Waals surface area contributed by atoms with Crippen molar-refractivity contribution >= 4 is 17.2 Å². The second-order valence-electron chi connectivity index (χ2n) is 5.71. The van der Waals surface area contributed by atoms with E-state index in [1.165, 1.54) is 43.6 Å². The number of nitrogens with one attached hydrogen (secondary N) is 1. The molecule has 1 atom stereocenters. The van der Waals surface area contributed by atoms with E-state index in [1.54, 1.807) is 11.3 Å². The number of thiophene rings is 1. The highest BCUT2D eigenvalue weighted by molar-refractivity contribution is 7.14. The fourth-order valence-electron chi connectivity index (χ4n) is 2.74. The first kappa shape index (κ1) is 15.5. The lowest BCUT2D eigenvalue weighted by atomic mass is 10.2. The molecule has 1 fully saturated rings. The average Bonchev–Trinajstić information content (AvgIpc) is 2.78. The van der Waals surface area contributed by atoms with Crippen LogP contribution in [0.4, 0.5) is 0 Å². The van der Waals surface area contributed by atoms with E-state index in [2.05, 4.69) is 30.1 Å². The van der Waals surface area contributed by atoms with E-state index in [1.807, 2.05) is 6.07 Å². The molecule has 0 spiro atoms. The Balaban J connectivity index is 1.80. The van der Waals surface area contributed by atoms with E-state index in [0.717, 1.165) is 17.8 Å². The molecular formula is C16H26N2OS. The summed E-state index contributed by atoms with van der Waals surface area (Å²) >= 11 is 1.61. The van der Waals surface area contributed by atoms with Crippen LogP contribution in [0.2, 0.25) is 0 Å². The monoisotopic (exact) mass is 294 g/mol. The van der Waals surface area contributed by atoms with Crippen molar-refractivity contribution < 1.29 is 4.79 Å². The summed E-state index contributed by atoms with van der Waals surface area (Å²) in [5, 5.41) is 3.13. The number of rotatable bonds is 5. The van der Waals surface area contributed by atoms with Crippen molar-refractivity contribution in [3.05, 3.63) is 21.9 Å². The molecule has 1 saturated heterocycles. The molecule has 2 heterocycles. The number of amides is 1. The van der Waals surface area contributed by atoms with Gasteiger partial charge in [0, 0.05) is 17.5 Å². The SMILES string of the molecule is CCc1ccc(C(=O)N[C@@H](C)CN2CCCCCC2)s1. The van der Waals surface area contributed by atoms with Gasteiger partial charge in [-0.2, -0.15) is 0 Å². The van der Waals surface area contributed by atoms with E-state index in [4.69, 9.17) is 0 Å². The summed E-state index contributed by atoms with van der Waals surface area (Å²) in [6.45, 7) is 7.56. The van der Waals surface area contributed by atoms with Crippen LogP contribution in [0.15, 0.2) is 12.1 Å². The third-order valence-corrected chi connectivity index (χ3v) is 5.07. The molecule has 0 bridgehead atoms. The molecule has 0 aliphatic carbocycles. The predicted molar refractivity (Wildman–Crippen MR) is 85.5 cm³/mol. The first-order valence-corrected chi connectivity index (χ1v) is 8.62. The topological polar surface area (TPSA) is 32.3 Å². The Hall–Kier alpha value is -0.870. The van der Waals surface area contributed by atoms with Gasteiger partial charge in [-0.15, -0.1) is 11.3 Å². The van der Waals surface area contributed by atoms with Gasteiger partial charge in [0.25, 0.3) is 5.91 Å². The quantitative estimate of drug-likeness (QED) is 0.903. The molecule has 0 aromatic carbocycles. The van der Waals surface area contributed by atoms with Crippen LogP contribution < -0.4 is 5.32 Å². The molecule has 1 aliphatic heterocycles. The molecule has 20 heavy (non-hydrogen) atoms. The smallest absolute Gasteiger partial charge is 0.261 e. The fourth-order valence-corrected chi connectivity index (χ4v) is 3.59. The summed E-state index contributed by atoms with van der Waals surface area (Å²) in [7, 11) is 0. The van der Waals surface area contributed by atoms with Crippen LogP contribution in [0.3, 0.4) is 0 Å². The number of likely N-dealkylation sites (tertiary alicyclic amines) is 1. The van der Waals surface area contributed by atoms with Gasteiger partial charge in [-0.1, -0.05) is 19.8 Å². The minimum Gasteiger partial charge on any atom is -0.348 e. The number of hydrogen-bond acceptors (Lipinski definition) is 3. The zero-order valence-electron chi connectivity index (χ0n) is 12.7. The van der Waals surface area contributed by atoms with E-state index >= 15 is 0 Å². The van der Waals surface area contributed by atoms with E-state index in [9.17, 15) is 4.79 Å². The third kappa shape index (κ3) is 4.60. The van der Waals surface area contributed by atoms with Gasteiger partial charge in [0.05, 0.1) is 4.88 Å². The Labute approximate surface area is 126 Å². The Bertz CT molecular complexity index is 422. The summed E-state index contributed by atoms with van der Waals surface area (Å²) < 4.78 is 0. The van der Waals surface area contributed by atoms with E-state index < -0.39 is 0 Å². The van der Waals surface area contributed by atoms with Crippen LogP contribution in [0, 0.1) is 0 Å². The van der Waals surface area contributed by atoms with Gasteiger partial charge in [-0.25, -0.2) is 0 Å². The molecule has 0 unspecified atom stereocenters. The number of hydrogen-bond donors (Lipinski definition) is 1. The highest BCUT2D eigenvalue weighted by atomic mass is 32.1. The largest absolute Gasteiger partial charge is 0.348 e. The lowest BCUT2D eigenvalue weighted by Crippen LogP contribution is -2.42. The Morgan fingerprint density at radius 2 is 2.00 bits per heavy atom. The lowest BCUT2D eigenvalue weighted by Gasteiger charge is -2.24. The third-order valence-electron chi connectivity index (χ3n) is 3.84. The maximum atomic E-state index is 12.2. The van der Waals surface area contributed by atoms with Gasteiger partial charge in [-0.3, -0.25) is 4.79 Å². The molecule has 2 rings (SSSR count). The maximum absolute atomic E-state index is 12.2. The highest BCUT2D eigenvalue weighted by Crippen LogP contribution is 2.17.